The van der Waals surface area contributed by atoms with E-state index in [2.05, 4.69) is 0 Å². The molecule has 0 aliphatic heterocycles. The van der Waals surface area contributed by atoms with Gasteiger partial charge in [-0.15, -0.1) is 49.6 Å². The summed E-state index contributed by atoms with van der Waals surface area (Å²) in [5.74, 6) is 0. The van der Waals surface area contributed by atoms with Crippen LogP contribution in [0.3, 0.4) is 0 Å². The number of benzene rings is 1. The average molecular weight is 349 g/mol. The summed E-state index contributed by atoms with van der Waals surface area (Å²) in [6.07, 6.45) is 0. The van der Waals surface area contributed by atoms with Crippen molar-refractivity contribution in [3.05, 3.63) is 35.4 Å². The Kier molecular flexibility index (Phi) is 18.6. The molecule has 1 aromatic rings. The van der Waals surface area contributed by atoms with Gasteiger partial charge < -0.3 is 0 Å². The first kappa shape index (κ1) is 25.2. The van der Waals surface area contributed by atoms with Gasteiger partial charge in [-0.1, -0.05) is 0 Å². The van der Waals surface area contributed by atoms with Crippen molar-refractivity contribution in [2.24, 2.45) is 0 Å². The van der Waals surface area contributed by atoms with Crippen LogP contribution in [0.15, 0.2) is 24.3 Å². The van der Waals surface area contributed by atoms with Gasteiger partial charge in [0.2, 0.25) is 0 Å². The minimum atomic E-state index is -0.552. The van der Waals surface area contributed by atoms with Gasteiger partial charge in [0.25, 0.3) is 10.5 Å². The Labute approximate surface area is 128 Å². The van der Waals surface area contributed by atoms with E-state index in [9.17, 15) is 9.59 Å². The summed E-state index contributed by atoms with van der Waals surface area (Å²) in [7, 11) is 0. The molecular weight excluding hydrogens is 341 g/mol. The van der Waals surface area contributed by atoms with Crippen LogP contribution in [-0.2, 0) is 0 Å². The molecule has 16 heavy (non-hydrogen) atoms. The van der Waals surface area contributed by atoms with Gasteiger partial charge in [0.1, 0.15) is 0 Å². The Bertz CT molecular complexity index is 291. The second-order valence-corrected chi connectivity index (χ2v) is 2.81. The fourth-order valence-corrected chi connectivity index (χ4v) is 0.984. The summed E-state index contributed by atoms with van der Waals surface area (Å²) >= 11 is 10.4. The van der Waals surface area contributed by atoms with Crippen LogP contribution in [0, 0.1) is 0 Å². The lowest BCUT2D eigenvalue weighted by Gasteiger charge is -1.94. The lowest BCUT2D eigenvalue weighted by Crippen LogP contribution is -1.92. The molecule has 0 aliphatic rings. The lowest BCUT2D eigenvalue weighted by atomic mass is 10.2. The minimum Gasteiger partial charge on any atom is -0.276 e. The van der Waals surface area contributed by atoms with E-state index < -0.39 is 10.5 Å². The van der Waals surface area contributed by atoms with Crippen LogP contribution in [0.2, 0.25) is 0 Å². The molecule has 1 aromatic carbocycles. The van der Waals surface area contributed by atoms with Crippen LogP contribution in [0.5, 0.6) is 0 Å². The molecule has 0 bridgehead atoms. The SMILES string of the molecule is Cl.Cl.Cl.Cl.O=C(Cl)c1ccc(C(=O)Cl)cc1. The smallest absolute Gasteiger partial charge is 0.252 e. The summed E-state index contributed by atoms with van der Waals surface area (Å²) < 4.78 is 0. The molecule has 0 unspecified atom stereocenters. The average Bonchev–Trinajstić information content (AvgIpc) is 2.04. The van der Waals surface area contributed by atoms with Crippen molar-refractivity contribution in [3.63, 3.8) is 0 Å². The Balaban J connectivity index is -0.000000180. The number of halogens is 6. The number of carbonyl (C=O) groups excluding carboxylic acids is 2. The normalized spacial score (nSPS) is 7.12. The Morgan fingerprint density at radius 2 is 0.875 bits per heavy atom. The number of rotatable bonds is 2. The third kappa shape index (κ3) is 7.55. The van der Waals surface area contributed by atoms with Gasteiger partial charge in [-0.25, -0.2) is 0 Å². The van der Waals surface area contributed by atoms with Crippen LogP contribution >= 0.6 is 72.8 Å². The van der Waals surface area contributed by atoms with E-state index in [1.54, 1.807) is 0 Å². The molecule has 0 atom stereocenters. The number of carbonyl (C=O) groups is 2. The summed E-state index contributed by atoms with van der Waals surface area (Å²) in [4.78, 5) is 21.1. The summed E-state index contributed by atoms with van der Waals surface area (Å²) in [6.45, 7) is 0. The Hall–Kier alpha value is 0.300. The van der Waals surface area contributed by atoms with Crippen LogP contribution in [-0.4, -0.2) is 10.5 Å². The van der Waals surface area contributed by atoms with E-state index in [1.165, 1.54) is 24.3 Å². The Morgan fingerprint density at radius 1 is 0.688 bits per heavy atom. The maximum Gasteiger partial charge on any atom is 0.252 e. The topological polar surface area (TPSA) is 34.1 Å². The molecule has 0 amide bonds. The molecule has 0 heterocycles. The van der Waals surface area contributed by atoms with Crippen LogP contribution < -0.4 is 0 Å². The van der Waals surface area contributed by atoms with E-state index in [4.69, 9.17) is 23.2 Å². The van der Waals surface area contributed by atoms with E-state index in [1.807, 2.05) is 0 Å². The van der Waals surface area contributed by atoms with Gasteiger partial charge >= 0.3 is 0 Å². The van der Waals surface area contributed by atoms with Crippen molar-refractivity contribution >= 4 is 83.3 Å². The third-order valence-corrected chi connectivity index (χ3v) is 1.78. The summed E-state index contributed by atoms with van der Waals surface area (Å²) in [6, 6.07) is 5.80. The highest BCUT2D eigenvalue weighted by Crippen LogP contribution is 2.08. The molecule has 0 N–H and O–H groups in total. The first-order valence-electron chi connectivity index (χ1n) is 3.11. The predicted molar refractivity (Wildman–Crippen MR) is 75.8 cm³/mol. The van der Waals surface area contributed by atoms with E-state index in [-0.39, 0.29) is 49.6 Å². The Morgan fingerprint density at radius 3 is 1.00 bits per heavy atom. The van der Waals surface area contributed by atoms with Crippen molar-refractivity contribution in [2.75, 3.05) is 0 Å². The molecule has 0 saturated heterocycles. The van der Waals surface area contributed by atoms with Crippen molar-refractivity contribution in [1.29, 1.82) is 0 Å². The molecule has 0 fully saturated rings. The highest BCUT2D eigenvalue weighted by molar-refractivity contribution is 6.68. The molecule has 0 aromatic heterocycles. The maximum absolute atomic E-state index is 10.6. The second-order valence-electron chi connectivity index (χ2n) is 2.12. The van der Waals surface area contributed by atoms with Gasteiger partial charge in [-0.05, 0) is 47.5 Å². The van der Waals surface area contributed by atoms with Gasteiger partial charge in [-0.2, -0.15) is 0 Å². The summed E-state index contributed by atoms with van der Waals surface area (Å²) in [5, 5.41) is -1.10. The number of hydrogen-bond donors (Lipinski definition) is 0. The number of hydrogen-bond acceptors (Lipinski definition) is 2. The minimum absolute atomic E-state index is 0. The van der Waals surface area contributed by atoms with Crippen molar-refractivity contribution in [2.45, 2.75) is 0 Å². The van der Waals surface area contributed by atoms with Gasteiger partial charge in [-0.3, -0.25) is 9.59 Å². The highest BCUT2D eigenvalue weighted by Gasteiger charge is 2.03. The van der Waals surface area contributed by atoms with Gasteiger partial charge in [0.05, 0.1) is 0 Å². The first-order valence-corrected chi connectivity index (χ1v) is 3.86. The largest absolute Gasteiger partial charge is 0.276 e. The zero-order chi connectivity index (χ0) is 9.14. The van der Waals surface area contributed by atoms with E-state index in [0.717, 1.165) is 0 Å². The third-order valence-electron chi connectivity index (χ3n) is 1.34. The van der Waals surface area contributed by atoms with Crippen LogP contribution in [0.1, 0.15) is 20.7 Å². The first-order chi connectivity index (χ1) is 5.61. The second kappa shape index (κ2) is 11.8. The molecular formula is C8H8Cl6O2. The maximum atomic E-state index is 10.6. The zero-order valence-electron chi connectivity index (χ0n) is 7.51. The van der Waals surface area contributed by atoms with Crippen molar-refractivity contribution in [1.82, 2.24) is 0 Å². The molecule has 0 radical (unpaired) electrons. The highest BCUT2D eigenvalue weighted by atomic mass is 35.5. The van der Waals surface area contributed by atoms with E-state index in [0.29, 0.717) is 11.1 Å². The lowest BCUT2D eigenvalue weighted by molar-refractivity contribution is 0.107. The zero-order valence-corrected chi connectivity index (χ0v) is 12.3. The molecule has 0 aliphatic carbocycles. The fraction of sp³-hybridized carbons (Fsp3) is 0. The van der Waals surface area contributed by atoms with Crippen LogP contribution in [0.4, 0.5) is 0 Å². The molecule has 0 saturated carbocycles. The molecule has 8 heteroatoms. The van der Waals surface area contributed by atoms with Gasteiger partial charge in [0, 0.05) is 11.1 Å². The molecule has 1 rings (SSSR count). The van der Waals surface area contributed by atoms with E-state index >= 15 is 0 Å². The molecule has 2 nitrogen and oxygen atoms in total. The summed E-state index contributed by atoms with van der Waals surface area (Å²) in [5.41, 5.74) is 0.691. The monoisotopic (exact) mass is 346 g/mol. The van der Waals surface area contributed by atoms with Crippen LogP contribution in [0.25, 0.3) is 0 Å². The van der Waals surface area contributed by atoms with Gasteiger partial charge in [0.15, 0.2) is 0 Å². The predicted octanol–water partition coefficient (Wildman–Crippen LogP) is 4.13. The van der Waals surface area contributed by atoms with Crippen molar-refractivity contribution in [3.8, 4) is 0 Å². The quantitative estimate of drug-likeness (QED) is 0.753. The van der Waals surface area contributed by atoms with Crippen molar-refractivity contribution < 1.29 is 9.59 Å². The standard InChI is InChI=1S/C8H4Cl2O2.4ClH/c9-7(11)5-1-2-6(4-3-5)8(10)12;;;;/h1-4H;4*1H. The molecule has 94 valence electrons. The molecule has 0 spiro atoms. The fourth-order valence-electron chi connectivity index (χ4n) is 0.732.